The second-order valence-corrected chi connectivity index (χ2v) is 4.13. The summed E-state index contributed by atoms with van der Waals surface area (Å²) in [7, 11) is 1.70. The standard InChI is InChI=1S/C9H16BrNO/c1-9(2,12-3)5-4-8(6-10)7-11/h8H,4-6H2,1-3H3. The highest BCUT2D eigenvalue weighted by Crippen LogP contribution is 2.19. The van der Waals surface area contributed by atoms with Crippen LogP contribution in [0.1, 0.15) is 26.7 Å². The second-order valence-electron chi connectivity index (χ2n) is 3.48. The lowest BCUT2D eigenvalue weighted by Crippen LogP contribution is -2.23. The molecule has 0 spiro atoms. The van der Waals surface area contributed by atoms with Crippen molar-refractivity contribution in [1.82, 2.24) is 0 Å². The van der Waals surface area contributed by atoms with Crippen LogP contribution in [0, 0.1) is 17.2 Å². The van der Waals surface area contributed by atoms with Crippen molar-refractivity contribution in [3.05, 3.63) is 0 Å². The molecule has 0 N–H and O–H groups in total. The van der Waals surface area contributed by atoms with E-state index in [2.05, 4.69) is 22.0 Å². The van der Waals surface area contributed by atoms with Crippen LogP contribution in [0.15, 0.2) is 0 Å². The summed E-state index contributed by atoms with van der Waals surface area (Å²) in [5.74, 6) is 0.111. The van der Waals surface area contributed by atoms with Gasteiger partial charge in [0.25, 0.3) is 0 Å². The molecule has 0 aliphatic carbocycles. The van der Waals surface area contributed by atoms with Crippen LogP contribution in [0.5, 0.6) is 0 Å². The molecule has 0 aromatic heterocycles. The molecule has 1 unspecified atom stereocenters. The van der Waals surface area contributed by atoms with E-state index in [-0.39, 0.29) is 11.5 Å². The third-order valence-corrected chi connectivity index (χ3v) is 2.80. The average Bonchev–Trinajstić information content (AvgIpc) is 2.06. The summed E-state index contributed by atoms with van der Waals surface area (Å²) in [6.45, 7) is 4.07. The van der Waals surface area contributed by atoms with Crippen LogP contribution < -0.4 is 0 Å². The van der Waals surface area contributed by atoms with Gasteiger partial charge in [0.05, 0.1) is 17.6 Å². The van der Waals surface area contributed by atoms with Gasteiger partial charge in [-0.05, 0) is 26.7 Å². The van der Waals surface area contributed by atoms with Crippen LogP contribution in [0.25, 0.3) is 0 Å². The average molecular weight is 234 g/mol. The zero-order valence-corrected chi connectivity index (χ0v) is 9.52. The Morgan fingerprint density at radius 1 is 1.58 bits per heavy atom. The Morgan fingerprint density at radius 2 is 2.17 bits per heavy atom. The van der Waals surface area contributed by atoms with E-state index in [0.717, 1.165) is 18.2 Å². The maximum Gasteiger partial charge on any atom is 0.0664 e. The molecule has 0 heterocycles. The van der Waals surface area contributed by atoms with Crippen LogP contribution in [0.3, 0.4) is 0 Å². The first-order valence-electron chi connectivity index (χ1n) is 4.06. The maximum atomic E-state index is 8.67. The van der Waals surface area contributed by atoms with Crippen LogP contribution in [-0.2, 0) is 4.74 Å². The van der Waals surface area contributed by atoms with E-state index < -0.39 is 0 Å². The summed E-state index contributed by atoms with van der Waals surface area (Å²) in [6, 6.07) is 2.25. The lowest BCUT2D eigenvalue weighted by molar-refractivity contribution is 0.0123. The third-order valence-electron chi connectivity index (χ3n) is 2.02. The lowest BCUT2D eigenvalue weighted by atomic mass is 9.97. The van der Waals surface area contributed by atoms with Crippen LogP contribution in [-0.4, -0.2) is 18.0 Å². The predicted molar refractivity (Wildman–Crippen MR) is 53.2 cm³/mol. The molecular formula is C9H16BrNO. The first kappa shape index (κ1) is 11.9. The maximum absolute atomic E-state index is 8.67. The summed E-state index contributed by atoms with van der Waals surface area (Å²) in [4.78, 5) is 0. The molecule has 0 aliphatic rings. The number of ether oxygens (including phenoxy) is 1. The largest absolute Gasteiger partial charge is 0.379 e. The Morgan fingerprint density at radius 3 is 2.50 bits per heavy atom. The number of hydrogen-bond donors (Lipinski definition) is 0. The molecule has 12 heavy (non-hydrogen) atoms. The third kappa shape index (κ3) is 4.74. The van der Waals surface area contributed by atoms with E-state index in [9.17, 15) is 0 Å². The first-order chi connectivity index (χ1) is 5.55. The minimum Gasteiger partial charge on any atom is -0.379 e. The van der Waals surface area contributed by atoms with Gasteiger partial charge < -0.3 is 4.74 Å². The molecule has 0 radical (unpaired) electrons. The molecule has 0 fully saturated rings. The molecule has 0 rings (SSSR count). The highest BCUT2D eigenvalue weighted by Gasteiger charge is 2.18. The van der Waals surface area contributed by atoms with Crippen LogP contribution in [0.2, 0.25) is 0 Å². The van der Waals surface area contributed by atoms with E-state index in [1.54, 1.807) is 7.11 Å². The van der Waals surface area contributed by atoms with E-state index >= 15 is 0 Å². The van der Waals surface area contributed by atoms with Crippen molar-refractivity contribution in [2.75, 3.05) is 12.4 Å². The van der Waals surface area contributed by atoms with Gasteiger partial charge in [-0.3, -0.25) is 0 Å². The number of nitrogens with zero attached hydrogens (tertiary/aromatic N) is 1. The lowest BCUT2D eigenvalue weighted by Gasteiger charge is -2.23. The molecule has 0 bridgehead atoms. The molecule has 0 saturated carbocycles. The molecule has 0 amide bonds. The summed E-state index contributed by atoms with van der Waals surface area (Å²) in [6.07, 6.45) is 1.82. The Hall–Kier alpha value is -0.0700. The smallest absolute Gasteiger partial charge is 0.0664 e. The fourth-order valence-corrected chi connectivity index (χ4v) is 1.27. The van der Waals surface area contributed by atoms with Crippen molar-refractivity contribution in [3.63, 3.8) is 0 Å². The zero-order chi connectivity index (χ0) is 9.61. The Labute approximate surface area is 83.0 Å². The van der Waals surface area contributed by atoms with Gasteiger partial charge in [0.2, 0.25) is 0 Å². The van der Waals surface area contributed by atoms with Crippen molar-refractivity contribution in [2.45, 2.75) is 32.3 Å². The minimum absolute atomic E-state index is 0.0999. The van der Waals surface area contributed by atoms with Crippen molar-refractivity contribution >= 4 is 15.9 Å². The van der Waals surface area contributed by atoms with Gasteiger partial charge in [0.15, 0.2) is 0 Å². The summed E-state index contributed by atoms with van der Waals surface area (Å²) in [5, 5.41) is 9.43. The van der Waals surface area contributed by atoms with E-state index in [0.29, 0.717) is 0 Å². The van der Waals surface area contributed by atoms with Gasteiger partial charge in [-0.2, -0.15) is 5.26 Å². The van der Waals surface area contributed by atoms with Crippen molar-refractivity contribution in [3.8, 4) is 6.07 Å². The quantitative estimate of drug-likeness (QED) is 0.685. The minimum atomic E-state index is -0.0999. The Bertz CT molecular complexity index is 162. The topological polar surface area (TPSA) is 33.0 Å². The normalized spacial score (nSPS) is 13.9. The van der Waals surface area contributed by atoms with E-state index in [1.807, 2.05) is 13.8 Å². The molecule has 70 valence electrons. The number of nitriles is 1. The molecule has 0 saturated heterocycles. The van der Waals surface area contributed by atoms with Crippen molar-refractivity contribution in [1.29, 1.82) is 5.26 Å². The number of halogens is 1. The number of hydrogen-bond acceptors (Lipinski definition) is 2. The van der Waals surface area contributed by atoms with Gasteiger partial charge in [0, 0.05) is 12.4 Å². The summed E-state index contributed by atoms with van der Waals surface area (Å²) < 4.78 is 5.25. The molecule has 0 aromatic carbocycles. The monoisotopic (exact) mass is 233 g/mol. The SMILES string of the molecule is COC(C)(C)CCC(C#N)CBr. The highest BCUT2D eigenvalue weighted by atomic mass is 79.9. The fraction of sp³-hybridized carbons (Fsp3) is 0.889. The molecule has 0 aromatic rings. The van der Waals surface area contributed by atoms with Gasteiger partial charge in [0.1, 0.15) is 0 Å². The van der Waals surface area contributed by atoms with Gasteiger partial charge in [-0.25, -0.2) is 0 Å². The van der Waals surface area contributed by atoms with Crippen molar-refractivity contribution < 1.29 is 4.74 Å². The predicted octanol–water partition coefficient (Wildman–Crippen LogP) is 2.73. The highest BCUT2D eigenvalue weighted by molar-refractivity contribution is 9.09. The van der Waals surface area contributed by atoms with E-state index in [4.69, 9.17) is 10.00 Å². The van der Waals surface area contributed by atoms with Crippen LogP contribution >= 0.6 is 15.9 Å². The number of alkyl halides is 1. The molecule has 0 aliphatic heterocycles. The fourth-order valence-electron chi connectivity index (χ4n) is 0.800. The second kappa shape index (κ2) is 5.55. The van der Waals surface area contributed by atoms with Gasteiger partial charge >= 0.3 is 0 Å². The molecule has 2 nitrogen and oxygen atoms in total. The van der Waals surface area contributed by atoms with E-state index in [1.165, 1.54) is 0 Å². The van der Waals surface area contributed by atoms with Crippen molar-refractivity contribution in [2.24, 2.45) is 5.92 Å². The number of rotatable bonds is 5. The first-order valence-corrected chi connectivity index (χ1v) is 5.18. The van der Waals surface area contributed by atoms with Gasteiger partial charge in [-0.15, -0.1) is 0 Å². The summed E-state index contributed by atoms with van der Waals surface area (Å²) >= 11 is 3.30. The Kier molecular flexibility index (Phi) is 5.52. The summed E-state index contributed by atoms with van der Waals surface area (Å²) in [5.41, 5.74) is -0.0999. The molecule has 1 atom stereocenters. The zero-order valence-electron chi connectivity index (χ0n) is 7.93. The van der Waals surface area contributed by atoms with Gasteiger partial charge in [-0.1, -0.05) is 15.9 Å². The van der Waals surface area contributed by atoms with Crippen LogP contribution in [0.4, 0.5) is 0 Å². The number of methoxy groups -OCH3 is 1. The Balaban J connectivity index is 3.75. The molecule has 3 heteroatoms. The molecular weight excluding hydrogens is 218 g/mol.